The van der Waals surface area contributed by atoms with Crippen LogP contribution in [-0.4, -0.2) is 17.4 Å². The van der Waals surface area contributed by atoms with Crippen molar-refractivity contribution in [2.45, 2.75) is 31.3 Å². The number of benzene rings is 2. The van der Waals surface area contributed by atoms with Crippen molar-refractivity contribution in [2.24, 2.45) is 0 Å². The van der Waals surface area contributed by atoms with E-state index < -0.39 is 0 Å². The molecule has 0 radical (unpaired) electrons. The molecule has 2 nitrogen and oxygen atoms in total. The fraction of sp³-hybridized carbons (Fsp3) is 0.350. The van der Waals surface area contributed by atoms with Crippen molar-refractivity contribution in [3.8, 4) is 0 Å². The summed E-state index contributed by atoms with van der Waals surface area (Å²) < 4.78 is 0.519. The molecule has 3 rings (SSSR count). The lowest BCUT2D eigenvalue weighted by Crippen LogP contribution is -2.14. The Hall–Kier alpha value is -1.39. The van der Waals surface area contributed by atoms with Crippen molar-refractivity contribution in [1.29, 1.82) is 0 Å². The molecule has 1 aliphatic heterocycles. The first kappa shape index (κ1) is 17.4. The van der Waals surface area contributed by atoms with E-state index in [1.807, 2.05) is 54.7 Å². The van der Waals surface area contributed by atoms with Crippen molar-refractivity contribution >= 4 is 35.1 Å². The summed E-state index contributed by atoms with van der Waals surface area (Å²) in [6, 6.07) is 14.2. The highest BCUT2D eigenvalue weighted by atomic mass is 32.2. The molecule has 1 saturated heterocycles. The summed E-state index contributed by atoms with van der Waals surface area (Å²) >= 11 is 3.96. The topological polar surface area (TPSA) is 29.1 Å². The van der Waals surface area contributed by atoms with Gasteiger partial charge in [-0.25, -0.2) is 0 Å². The second-order valence-electron chi connectivity index (χ2n) is 6.34. The zero-order chi connectivity index (χ0) is 17.1. The van der Waals surface area contributed by atoms with Gasteiger partial charge in [-0.3, -0.25) is 4.79 Å². The molecule has 2 aromatic rings. The van der Waals surface area contributed by atoms with E-state index in [1.165, 1.54) is 22.6 Å². The number of aryl methyl sites for hydroxylation is 1. The van der Waals surface area contributed by atoms with Crippen LogP contribution in [0.5, 0.6) is 0 Å². The Labute approximate surface area is 152 Å². The zero-order valence-electron chi connectivity index (χ0n) is 14.3. The number of amides is 1. The largest absolute Gasteiger partial charge is 0.321 e. The third-order valence-corrected chi connectivity index (χ3v) is 7.34. The highest BCUT2D eigenvalue weighted by Gasteiger charge is 2.19. The SMILES string of the molecule is Cc1cccc(C(C)C)c1NC(=O)c1ccc(C2SCCS2)cc1. The van der Waals surface area contributed by atoms with Gasteiger partial charge in [0.15, 0.2) is 0 Å². The Morgan fingerprint density at radius 3 is 2.38 bits per heavy atom. The van der Waals surface area contributed by atoms with Crippen molar-refractivity contribution in [3.05, 3.63) is 64.7 Å². The molecule has 0 aliphatic carbocycles. The number of hydrogen-bond donors (Lipinski definition) is 1. The molecule has 1 N–H and O–H groups in total. The number of carbonyl (C=O) groups is 1. The minimum absolute atomic E-state index is 0.0375. The maximum absolute atomic E-state index is 12.7. The lowest BCUT2D eigenvalue weighted by Gasteiger charge is -2.16. The number of para-hydroxylation sites is 1. The normalized spacial score (nSPS) is 15.0. The van der Waals surface area contributed by atoms with Crippen molar-refractivity contribution in [1.82, 2.24) is 0 Å². The smallest absolute Gasteiger partial charge is 0.255 e. The summed E-state index contributed by atoms with van der Waals surface area (Å²) in [6.45, 7) is 6.34. The third-order valence-electron chi connectivity index (χ3n) is 4.23. The summed E-state index contributed by atoms with van der Waals surface area (Å²) in [5.74, 6) is 2.76. The summed E-state index contributed by atoms with van der Waals surface area (Å²) in [5.41, 5.74) is 5.25. The zero-order valence-corrected chi connectivity index (χ0v) is 16.0. The van der Waals surface area contributed by atoms with E-state index in [4.69, 9.17) is 0 Å². The molecule has 0 spiro atoms. The van der Waals surface area contributed by atoms with Crippen LogP contribution in [0, 0.1) is 6.92 Å². The number of thioether (sulfide) groups is 2. The summed E-state index contributed by atoms with van der Waals surface area (Å²) in [4.78, 5) is 12.7. The summed E-state index contributed by atoms with van der Waals surface area (Å²) in [5, 5.41) is 3.12. The predicted molar refractivity (Wildman–Crippen MR) is 107 cm³/mol. The second-order valence-corrected chi connectivity index (χ2v) is 9.07. The van der Waals surface area contributed by atoms with Gasteiger partial charge in [0, 0.05) is 22.8 Å². The molecule has 0 saturated carbocycles. The van der Waals surface area contributed by atoms with E-state index >= 15 is 0 Å². The molecule has 1 amide bonds. The van der Waals surface area contributed by atoms with Gasteiger partial charge in [0.2, 0.25) is 0 Å². The van der Waals surface area contributed by atoms with Gasteiger partial charge >= 0.3 is 0 Å². The van der Waals surface area contributed by atoms with Crippen LogP contribution in [0.15, 0.2) is 42.5 Å². The van der Waals surface area contributed by atoms with Gasteiger partial charge in [-0.2, -0.15) is 0 Å². The molecule has 0 aromatic heterocycles. The Bertz CT molecular complexity index is 719. The quantitative estimate of drug-likeness (QED) is 0.744. The van der Waals surface area contributed by atoms with Crippen LogP contribution in [0.2, 0.25) is 0 Å². The van der Waals surface area contributed by atoms with Crippen molar-refractivity contribution in [2.75, 3.05) is 16.8 Å². The molecule has 126 valence electrons. The van der Waals surface area contributed by atoms with Crippen molar-refractivity contribution < 1.29 is 4.79 Å². The first-order chi connectivity index (χ1) is 11.6. The van der Waals surface area contributed by atoms with Gasteiger partial charge < -0.3 is 5.32 Å². The summed E-state index contributed by atoms with van der Waals surface area (Å²) in [7, 11) is 0. The van der Waals surface area contributed by atoms with Crippen LogP contribution >= 0.6 is 23.5 Å². The molecule has 2 aromatic carbocycles. The van der Waals surface area contributed by atoms with Gasteiger partial charge in [-0.15, -0.1) is 23.5 Å². The first-order valence-electron chi connectivity index (χ1n) is 8.30. The number of carbonyl (C=O) groups excluding carboxylic acids is 1. The minimum Gasteiger partial charge on any atom is -0.321 e. The maximum atomic E-state index is 12.7. The third kappa shape index (κ3) is 3.81. The van der Waals surface area contributed by atoms with Crippen LogP contribution < -0.4 is 5.32 Å². The van der Waals surface area contributed by atoms with Gasteiger partial charge in [0.1, 0.15) is 0 Å². The maximum Gasteiger partial charge on any atom is 0.255 e. The summed E-state index contributed by atoms with van der Waals surface area (Å²) in [6.07, 6.45) is 0. The lowest BCUT2D eigenvalue weighted by atomic mass is 9.98. The first-order valence-corrected chi connectivity index (χ1v) is 10.4. The molecule has 1 heterocycles. The fourth-order valence-corrected chi connectivity index (χ4v) is 5.73. The Balaban J connectivity index is 1.78. The molecular formula is C20H23NOS2. The van der Waals surface area contributed by atoms with E-state index in [0.29, 0.717) is 16.1 Å². The average Bonchev–Trinajstić information content (AvgIpc) is 3.11. The van der Waals surface area contributed by atoms with E-state index in [-0.39, 0.29) is 5.91 Å². The van der Waals surface area contributed by atoms with Gasteiger partial charge in [-0.05, 0) is 41.7 Å². The number of anilines is 1. The van der Waals surface area contributed by atoms with Gasteiger partial charge in [0.25, 0.3) is 5.91 Å². The van der Waals surface area contributed by atoms with Gasteiger partial charge in [0.05, 0.1) is 4.58 Å². The highest BCUT2D eigenvalue weighted by Crippen LogP contribution is 2.45. The fourth-order valence-electron chi connectivity index (χ4n) is 2.87. The van der Waals surface area contributed by atoms with Crippen molar-refractivity contribution in [3.63, 3.8) is 0 Å². The highest BCUT2D eigenvalue weighted by molar-refractivity contribution is 8.19. The minimum atomic E-state index is -0.0375. The molecule has 24 heavy (non-hydrogen) atoms. The second kappa shape index (κ2) is 7.66. The Morgan fingerprint density at radius 2 is 1.75 bits per heavy atom. The standard InChI is InChI=1S/C20H23NOS2/c1-13(2)17-6-4-5-14(3)18(17)21-19(22)15-7-9-16(10-8-15)20-23-11-12-24-20/h4-10,13,20H,11-12H2,1-3H3,(H,21,22). The monoisotopic (exact) mass is 357 g/mol. The Morgan fingerprint density at radius 1 is 1.08 bits per heavy atom. The van der Waals surface area contributed by atoms with E-state index in [9.17, 15) is 4.79 Å². The molecule has 0 atom stereocenters. The number of hydrogen-bond acceptors (Lipinski definition) is 3. The average molecular weight is 358 g/mol. The van der Waals surface area contributed by atoms with E-state index in [2.05, 4.69) is 37.4 Å². The molecule has 0 bridgehead atoms. The Kier molecular flexibility index (Phi) is 5.57. The van der Waals surface area contributed by atoms with Gasteiger partial charge in [-0.1, -0.05) is 44.2 Å². The molecule has 1 fully saturated rings. The predicted octanol–water partition coefficient (Wildman–Crippen LogP) is 5.85. The van der Waals surface area contributed by atoms with Crippen LogP contribution in [0.4, 0.5) is 5.69 Å². The van der Waals surface area contributed by atoms with Crippen LogP contribution in [0.25, 0.3) is 0 Å². The van der Waals surface area contributed by atoms with E-state index in [1.54, 1.807) is 0 Å². The van der Waals surface area contributed by atoms with E-state index in [0.717, 1.165) is 11.3 Å². The molecule has 4 heteroatoms. The van der Waals surface area contributed by atoms with Crippen LogP contribution in [-0.2, 0) is 0 Å². The van der Waals surface area contributed by atoms with Crippen LogP contribution in [0.3, 0.4) is 0 Å². The molecular weight excluding hydrogens is 334 g/mol. The molecule has 0 unspecified atom stereocenters. The molecule has 1 aliphatic rings. The number of nitrogens with one attached hydrogen (secondary N) is 1. The lowest BCUT2D eigenvalue weighted by molar-refractivity contribution is 0.102. The van der Waals surface area contributed by atoms with Crippen LogP contribution in [0.1, 0.15) is 51.4 Å². The number of rotatable bonds is 4.